The van der Waals surface area contributed by atoms with E-state index in [9.17, 15) is 19.1 Å². The highest BCUT2D eigenvalue weighted by Gasteiger charge is 2.33. The Labute approximate surface area is 200 Å². The van der Waals surface area contributed by atoms with Crippen LogP contribution in [0.15, 0.2) is 30.6 Å². The third kappa shape index (κ3) is 4.55. The molecule has 0 saturated carbocycles. The molecule has 2 N–H and O–H groups in total. The number of esters is 1. The van der Waals surface area contributed by atoms with Crippen LogP contribution in [0.1, 0.15) is 25.7 Å². The number of hydrogen-bond acceptors (Lipinski definition) is 8. The van der Waals surface area contributed by atoms with E-state index in [4.69, 9.17) is 9.72 Å². The van der Waals surface area contributed by atoms with Crippen LogP contribution in [0.3, 0.4) is 0 Å². The molecule has 2 aliphatic heterocycles. The number of carboxylic acid groups (broad SMARTS) is 1. The smallest absolute Gasteiger partial charge is 0.407 e. The van der Waals surface area contributed by atoms with Gasteiger partial charge < -0.3 is 25.0 Å². The molecule has 0 aliphatic carbocycles. The van der Waals surface area contributed by atoms with Crippen molar-refractivity contribution in [3.63, 3.8) is 0 Å². The lowest BCUT2D eigenvalue weighted by Crippen LogP contribution is -2.44. The largest absolute Gasteiger partial charge is 0.467 e. The van der Waals surface area contributed by atoms with Gasteiger partial charge in [-0.25, -0.2) is 28.9 Å². The van der Waals surface area contributed by atoms with Gasteiger partial charge in [-0.05, 0) is 37.8 Å². The van der Waals surface area contributed by atoms with Crippen LogP contribution in [0, 0.1) is 5.82 Å². The number of piperidine rings is 1. The fraction of sp³-hybridized carbons (Fsp3) is 0.435. The molecule has 1 amide bonds. The van der Waals surface area contributed by atoms with Crippen LogP contribution in [0.2, 0.25) is 0 Å². The van der Waals surface area contributed by atoms with Crippen LogP contribution >= 0.6 is 0 Å². The molecule has 184 valence electrons. The van der Waals surface area contributed by atoms with E-state index in [1.165, 1.54) is 24.3 Å². The zero-order chi connectivity index (χ0) is 24.5. The van der Waals surface area contributed by atoms with Gasteiger partial charge in [0.2, 0.25) is 0 Å². The minimum absolute atomic E-state index is 0.134. The third-order valence-corrected chi connectivity index (χ3v) is 6.48. The number of pyridine rings is 1. The highest BCUT2D eigenvalue weighted by molar-refractivity contribution is 5.80. The summed E-state index contributed by atoms with van der Waals surface area (Å²) in [6, 6.07) is 4.06. The van der Waals surface area contributed by atoms with E-state index in [1.54, 1.807) is 22.7 Å². The first-order valence-electron chi connectivity index (χ1n) is 11.5. The van der Waals surface area contributed by atoms with Gasteiger partial charge in [-0.3, -0.25) is 4.40 Å². The van der Waals surface area contributed by atoms with E-state index in [0.717, 1.165) is 19.3 Å². The van der Waals surface area contributed by atoms with Crippen molar-refractivity contribution < 1.29 is 23.8 Å². The van der Waals surface area contributed by atoms with Crippen molar-refractivity contribution in [3.05, 3.63) is 36.4 Å². The number of amides is 1. The van der Waals surface area contributed by atoms with Crippen LogP contribution < -0.4 is 10.2 Å². The summed E-state index contributed by atoms with van der Waals surface area (Å²) in [5.74, 6) is 0.572. The van der Waals surface area contributed by atoms with Gasteiger partial charge in [0.05, 0.1) is 13.3 Å². The van der Waals surface area contributed by atoms with Gasteiger partial charge in [-0.15, -0.1) is 0 Å². The topological polar surface area (TPSA) is 125 Å². The maximum Gasteiger partial charge on any atom is 0.407 e. The average Bonchev–Trinajstić information content (AvgIpc) is 3.51. The summed E-state index contributed by atoms with van der Waals surface area (Å²) in [5.41, 5.74) is 1.04. The number of halogens is 1. The number of nitrogens with one attached hydrogen (secondary N) is 1. The lowest BCUT2D eigenvalue weighted by molar-refractivity contribution is -0.141. The maximum absolute atomic E-state index is 14.0. The van der Waals surface area contributed by atoms with Gasteiger partial charge in [0, 0.05) is 37.9 Å². The second kappa shape index (κ2) is 9.35. The lowest BCUT2D eigenvalue weighted by Gasteiger charge is -2.32. The van der Waals surface area contributed by atoms with E-state index >= 15 is 0 Å². The Balaban J connectivity index is 1.54. The molecule has 5 rings (SSSR count). The summed E-state index contributed by atoms with van der Waals surface area (Å²) in [6.45, 7) is 1.45. The van der Waals surface area contributed by atoms with Crippen molar-refractivity contribution in [2.75, 3.05) is 37.0 Å². The molecule has 5 heterocycles. The van der Waals surface area contributed by atoms with Gasteiger partial charge in [0.15, 0.2) is 5.82 Å². The number of imidazole rings is 1. The van der Waals surface area contributed by atoms with Crippen LogP contribution in [0.25, 0.3) is 17.2 Å². The number of carbonyl (C=O) groups is 2. The summed E-state index contributed by atoms with van der Waals surface area (Å²) in [4.78, 5) is 40.8. The van der Waals surface area contributed by atoms with Gasteiger partial charge in [-0.2, -0.15) is 0 Å². The highest BCUT2D eigenvalue weighted by Crippen LogP contribution is 2.30. The number of fused-ring (bicyclic) bond motifs is 1. The van der Waals surface area contributed by atoms with Crippen molar-refractivity contribution >= 4 is 29.3 Å². The molecular weight excluding hydrogens is 457 g/mol. The van der Waals surface area contributed by atoms with Crippen molar-refractivity contribution in [3.8, 4) is 11.5 Å². The monoisotopic (exact) mass is 483 g/mol. The van der Waals surface area contributed by atoms with Crippen LogP contribution in [0.5, 0.6) is 0 Å². The van der Waals surface area contributed by atoms with E-state index in [-0.39, 0.29) is 12.0 Å². The second-order valence-electron chi connectivity index (χ2n) is 8.74. The van der Waals surface area contributed by atoms with Crippen molar-refractivity contribution in [1.82, 2.24) is 24.3 Å². The second-order valence-corrected chi connectivity index (χ2v) is 8.74. The number of hydrogen-bond donors (Lipinski definition) is 2. The molecule has 0 spiro atoms. The molecule has 2 atom stereocenters. The summed E-state index contributed by atoms with van der Waals surface area (Å²) in [7, 11) is 1.36. The lowest BCUT2D eigenvalue weighted by atomic mass is 10.1. The number of anilines is 2. The normalized spacial score (nSPS) is 20.3. The van der Waals surface area contributed by atoms with Gasteiger partial charge >= 0.3 is 12.1 Å². The SMILES string of the molecule is COC(=O)[C@@H]1CCCN1c1cc(NC2CCCN(C(=O)O)C2)nc(-c2cnc3ccc(F)cn23)n1. The maximum atomic E-state index is 14.0. The molecule has 1 unspecified atom stereocenters. The number of nitrogens with zero attached hydrogens (tertiary/aromatic N) is 6. The molecule has 35 heavy (non-hydrogen) atoms. The molecule has 3 aromatic heterocycles. The van der Waals surface area contributed by atoms with Gasteiger partial charge in [0.1, 0.15) is 34.8 Å². The first-order chi connectivity index (χ1) is 16.9. The minimum Gasteiger partial charge on any atom is -0.467 e. The van der Waals surface area contributed by atoms with Crippen LogP contribution in [-0.4, -0.2) is 80.2 Å². The number of likely N-dealkylation sites (tertiary alicyclic amines) is 1. The summed E-state index contributed by atoms with van der Waals surface area (Å²) in [5, 5.41) is 12.7. The van der Waals surface area contributed by atoms with E-state index in [2.05, 4.69) is 15.3 Å². The molecule has 0 radical (unpaired) electrons. The summed E-state index contributed by atoms with van der Waals surface area (Å²) < 4.78 is 20.6. The Morgan fingerprint density at radius 3 is 2.83 bits per heavy atom. The number of rotatable bonds is 5. The zero-order valence-corrected chi connectivity index (χ0v) is 19.2. The molecule has 12 heteroatoms. The Hall–Kier alpha value is -3.96. The Morgan fingerprint density at radius 2 is 2.03 bits per heavy atom. The predicted molar refractivity (Wildman–Crippen MR) is 125 cm³/mol. The van der Waals surface area contributed by atoms with Gasteiger partial charge in [0.25, 0.3) is 0 Å². The fourth-order valence-corrected chi connectivity index (χ4v) is 4.79. The molecule has 2 fully saturated rings. The summed E-state index contributed by atoms with van der Waals surface area (Å²) >= 11 is 0. The van der Waals surface area contributed by atoms with Crippen molar-refractivity contribution in [2.45, 2.75) is 37.8 Å². The molecular formula is C23H26FN7O4. The first kappa shape index (κ1) is 22.8. The molecule has 0 aromatic carbocycles. The highest BCUT2D eigenvalue weighted by atomic mass is 19.1. The Kier molecular flexibility index (Phi) is 6.10. The molecule has 11 nitrogen and oxygen atoms in total. The number of ether oxygens (including phenoxy) is 1. The Bertz CT molecular complexity index is 1270. The minimum atomic E-state index is -0.952. The third-order valence-electron chi connectivity index (χ3n) is 6.48. The quantitative estimate of drug-likeness (QED) is 0.527. The Morgan fingerprint density at radius 1 is 1.20 bits per heavy atom. The standard InChI is InChI=1S/C23H26FN7O4/c1-35-22(32)16-5-3-9-30(16)20-10-18(26-15-4-2-8-29(13-15)23(33)34)27-21(28-20)17-11-25-19-7-6-14(24)12-31(17)19/h6-7,10-12,15-16H,2-5,8-9,13H2,1H3,(H,33,34)(H,26,27,28)/t15?,16-/m0/s1. The zero-order valence-electron chi connectivity index (χ0n) is 19.2. The van der Waals surface area contributed by atoms with Crippen molar-refractivity contribution in [1.29, 1.82) is 0 Å². The number of aromatic nitrogens is 4. The number of carbonyl (C=O) groups excluding carboxylic acids is 1. The molecule has 2 saturated heterocycles. The van der Waals surface area contributed by atoms with Crippen molar-refractivity contribution in [2.24, 2.45) is 0 Å². The summed E-state index contributed by atoms with van der Waals surface area (Å²) in [6.07, 6.45) is 4.91. The predicted octanol–water partition coefficient (Wildman–Crippen LogP) is 2.63. The van der Waals surface area contributed by atoms with Crippen LogP contribution in [0.4, 0.5) is 20.8 Å². The number of methoxy groups -OCH3 is 1. The first-order valence-corrected chi connectivity index (χ1v) is 11.5. The van der Waals surface area contributed by atoms with Crippen LogP contribution in [-0.2, 0) is 9.53 Å². The average molecular weight is 484 g/mol. The fourth-order valence-electron chi connectivity index (χ4n) is 4.79. The van der Waals surface area contributed by atoms with E-state index in [0.29, 0.717) is 54.9 Å². The van der Waals surface area contributed by atoms with E-state index in [1.807, 2.05) is 4.90 Å². The molecule has 0 bridgehead atoms. The molecule has 2 aliphatic rings. The molecule has 3 aromatic rings. The van der Waals surface area contributed by atoms with E-state index < -0.39 is 18.0 Å². The van der Waals surface area contributed by atoms with Gasteiger partial charge in [-0.1, -0.05) is 0 Å².